The number of nitrogens with zero attached hydrogens (tertiary/aromatic N) is 2. The van der Waals surface area contributed by atoms with Gasteiger partial charge in [0.1, 0.15) is 23.8 Å². The fraction of sp³-hybridized carbons (Fsp3) is 0.577. The topological polar surface area (TPSA) is 117 Å². The lowest BCUT2D eigenvalue weighted by molar-refractivity contribution is -0.142. The molecule has 0 aliphatic carbocycles. The molecule has 0 saturated heterocycles. The number of carbonyl (C=O) groups is 3. The monoisotopic (exact) mass is 471 g/mol. The molecule has 34 heavy (non-hydrogen) atoms. The van der Waals surface area contributed by atoms with E-state index in [1.54, 1.807) is 33.8 Å². The molecule has 0 heterocycles. The Bertz CT molecular complexity index is 776. The first kappa shape index (κ1) is 38.2. The maximum absolute atomic E-state index is 11.4. The predicted octanol–water partition coefficient (Wildman–Crippen LogP) is 5.54. The minimum Gasteiger partial charge on any atom is -0.465 e. The van der Waals surface area contributed by atoms with Crippen LogP contribution in [0.25, 0.3) is 0 Å². The van der Waals surface area contributed by atoms with Gasteiger partial charge in [-0.1, -0.05) is 23.3 Å². The molecule has 0 rings (SSSR count). The van der Waals surface area contributed by atoms with Crippen molar-refractivity contribution in [2.45, 2.75) is 87.5 Å². The summed E-state index contributed by atoms with van der Waals surface area (Å²) >= 11 is 0. The average Bonchev–Trinajstić information content (AvgIpc) is 2.69. The summed E-state index contributed by atoms with van der Waals surface area (Å²) in [6, 6.07) is 3.59. The van der Waals surface area contributed by atoms with Gasteiger partial charge in [-0.05, 0) is 80.2 Å². The highest BCUT2D eigenvalue weighted by atomic mass is 16.5. The van der Waals surface area contributed by atoms with Crippen molar-refractivity contribution in [1.82, 2.24) is 0 Å². The van der Waals surface area contributed by atoms with Gasteiger partial charge >= 0.3 is 11.9 Å². The van der Waals surface area contributed by atoms with Crippen LogP contribution in [0.5, 0.6) is 0 Å². The zero-order chi connectivity index (χ0) is 26.2. The smallest absolute Gasteiger partial charge is 0.348 e. The van der Waals surface area contributed by atoms with Gasteiger partial charge in [0.15, 0.2) is 0 Å². The largest absolute Gasteiger partial charge is 0.465 e. The van der Waals surface area contributed by atoms with Crippen molar-refractivity contribution in [3.8, 4) is 12.1 Å². The number of ketones is 1. The number of nitriles is 2. The molecule has 187 valence electrons. The number of ether oxygens (including phenoxy) is 2. The number of carbonyl (C=O) groups excluding carboxylic acids is 3. The third-order valence-electron chi connectivity index (χ3n) is 3.67. The van der Waals surface area contributed by atoms with E-state index in [9.17, 15) is 14.4 Å². The summed E-state index contributed by atoms with van der Waals surface area (Å²) in [6.07, 6.45) is 7.17. The van der Waals surface area contributed by atoms with Crippen LogP contribution in [0.4, 0.5) is 0 Å². The average molecular weight is 471 g/mol. The molecule has 0 aromatic carbocycles. The lowest BCUT2D eigenvalue weighted by Crippen LogP contribution is -2.08. The van der Waals surface area contributed by atoms with Gasteiger partial charge in [-0.15, -0.1) is 0 Å². The zero-order valence-corrected chi connectivity index (χ0v) is 22.1. The molecule has 0 aliphatic rings. The molecule has 8 heteroatoms. The highest BCUT2D eigenvalue weighted by Gasteiger charge is 2.12. The predicted molar refractivity (Wildman–Crippen MR) is 136 cm³/mol. The van der Waals surface area contributed by atoms with Crippen LogP contribution in [0.2, 0.25) is 0 Å². The van der Waals surface area contributed by atoms with E-state index in [4.69, 9.17) is 15.3 Å². The van der Waals surface area contributed by atoms with E-state index in [-0.39, 0.29) is 26.2 Å². The first-order valence-electron chi connectivity index (χ1n) is 11.0. The summed E-state index contributed by atoms with van der Waals surface area (Å²) in [5.74, 6) is -0.692. The van der Waals surface area contributed by atoms with Crippen LogP contribution in [0.1, 0.15) is 87.5 Å². The molecule has 3 radical (unpaired) electrons. The molecule has 0 spiro atoms. The van der Waals surface area contributed by atoms with E-state index in [1.807, 2.05) is 33.8 Å². The van der Waals surface area contributed by atoms with Crippen LogP contribution in [-0.2, 0) is 23.9 Å². The number of Topliss-reactive ketones (excluding diaryl/α,β-unsaturated/α-hetero) is 1. The fourth-order valence-corrected chi connectivity index (χ4v) is 2.06. The van der Waals surface area contributed by atoms with Crippen LogP contribution >= 0.6 is 0 Å². The van der Waals surface area contributed by atoms with Crippen molar-refractivity contribution in [3.63, 3.8) is 0 Å². The lowest BCUT2D eigenvalue weighted by atomic mass is 10.1. The molecule has 0 bridgehead atoms. The number of allylic oxidation sites excluding steroid dienone is 5. The second-order valence-corrected chi connectivity index (χ2v) is 7.47. The molecule has 0 saturated carbocycles. The molecular weight excluding hydrogens is 431 g/mol. The number of hydrogen-bond donors (Lipinski definition) is 0. The Balaban J connectivity index is -0.000000213. The highest BCUT2D eigenvalue weighted by molar-refractivity contribution is 5.93. The molecule has 0 aromatic rings. The van der Waals surface area contributed by atoms with Crippen LogP contribution in [0, 0.1) is 22.7 Å². The standard InChI is InChI=1S/C13H19NO2.C8H14O.C5H7NO2.B/c1-5-16-13(15)12(9-14)11(4)8-6-7-10(2)3;1-7(2)5-4-6-8(3)9;1-2-8-5(7)3-4-6;/h7H,5-6,8H2,1-4H3;5H,4,6H2,1-3H3;2-3H2,1H3;/b12-11-;;;. The third kappa shape index (κ3) is 28.9. The van der Waals surface area contributed by atoms with Crippen LogP contribution in [-0.4, -0.2) is 39.3 Å². The van der Waals surface area contributed by atoms with Gasteiger partial charge in [0.25, 0.3) is 0 Å². The van der Waals surface area contributed by atoms with E-state index >= 15 is 0 Å². The second kappa shape index (κ2) is 26.1. The highest BCUT2D eigenvalue weighted by Crippen LogP contribution is 2.13. The van der Waals surface area contributed by atoms with Crippen LogP contribution in [0.15, 0.2) is 34.4 Å². The van der Waals surface area contributed by atoms with Crippen molar-refractivity contribution >= 4 is 26.1 Å². The summed E-state index contributed by atoms with van der Waals surface area (Å²) < 4.78 is 9.23. The molecule has 0 N–H and O–H groups in total. The van der Waals surface area contributed by atoms with Gasteiger partial charge < -0.3 is 14.3 Å². The maximum atomic E-state index is 11.4. The van der Waals surface area contributed by atoms with Crippen molar-refractivity contribution in [3.05, 3.63) is 34.4 Å². The Morgan fingerprint density at radius 2 is 1.26 bits per heavy atom. The summed E-state index contributed by atoms with van der Waals surface area (Å²) in [4.78, 5) is 32.0. The van der Waals surface area contributed by atoms with Crippen molar-refractivity contribution in [1.29, 1.82) is 10.5 Å². The molecular formula is C26H40BN2O5. The third-order valence-corrected chi connectivity index (χ3v) is 3.67. The molecule has 0 aromatic heterocycles. The minimum absolute atomic E-state index is 0. The first-order valence-corrected chi connectivity index (χ1v) is 11.0. The van der Waals surface area contributed by atoms with Gasteiger partial charge in [-0.25, -0.2) is 4.79 Å². The first-order chi connectivity index (χ1) is 15.5. The van der Waals surface area contributed by atoms with Gasteiger partial charge in [-0.2, -0.15) is 10.5 Å². The molecule has 7 nitrogen and oxygen atoms in total. The summed E-state index contributed by atoms with van der Waals surface area (Å²) in [5.41, 5.74) is 3.46. The van der Waals surface area contributed by atoms with Gasteiger partial charge in [-0.3, -0.25) is 4.79 Å². The molecule has 0 atom stereocenters. The molecule has 0 unspecified atom stereocenters. The molecule has 0 amide bonds. The Hall–Kier alpha value is -3.13. The van der Waals surface area contributed by atoms with E-state index in [0.29, 0.717) is 26.1 Å². The Kier molecular flexibility index (Phi) is 29.3. The normalized spacial score (nSPS) is 9.35. The van der Waals surface area contributed by atoms with E-state index in [1.165, 1.54) is 11.1 Å². The summed E-state index contributed by atoms with van der Waals surface area (Å²) in [6.45, 7) is 15.6. The van der Waals surface area contributed by atoms with Crippen molar-refractivity contribution < 1.29 is 23.9 Å². The number of rotatable bonds is 10. The SMILES string of the molecule is CC(=O)CCC=C(C)C.CCOC(=O)/C(C#N)=C(/C)CCC=C(C)C.CCOC(=O)CC#N.[B]. The summed E-state index contributed by atoms with van der Waals surface area (Å²) in [7, 11) is 0. The van der Waals surface area contributed by atoms with Gasteiger partial charge in [0, 0.05) is 14.8 Å². The van der Waals surface area contributed by atoms with Gasteiger partial charge in [0.2, 0.25) is 0 Å². The van der Waals surface area contributed by atoms with Crippen LogP contribution in [0.3, 0.4) is 0 Å². The molecule has 0 aliphatic heterocycles. The minimum atomic E-state index is -0.514. The summed E-state index contributed by atoms with van der Waals surface area (Å²) in [5, 5.41) is 16.8. The fourth-order valence-electron chi connectivity index (χ4n) is 2.06. The van der Waals surface area contributed by atoms with Crippen molar-refractivity contribution in [2.24, 2.45) is 0 Å². The number of esters is 2. The maximum Gasteiger partial charge on any atom is 0.348 e. The van der Waals surface area contributed by atoms with Crippen molar-refractivity contribution in [2.75, 3.05) is 13.2 Å². The van der Waals surface area contributed by atoms with E-state index < -0.39 is 11.9 Å². The second-order valence-electron chi connectivity index (χ2n) is 7.47. The van der Waals surface area contributed by atoms with E-state index in [0.717, 1.165) is 18.4 Å². The zero-order valence-electron chi connectivity index (χ0n) is 22.1. The lowest BCUT2D eigenvalue weighted by Gasteiger charge is -2.04. The molecule has 0 fully saturated rings. The Morgan fingerprint density at radius 3 is 1.62 bits per heavy atom. The van der Waals surface area contributed by atoms with Gasteiger partial charge in [0.05, 0.1) is 19.3 Å². The quantitative estimate of drug-likeness (QED) is 0.135. The Morgan fingerprint density at radius 1 is 0.794 bits per heavy atom. The van der Waals surface area contributed by atoms with Crippen LogP contribution < -0.4 is 0 Å². The Labute approximate surface area is 208 Å². The van der Waals surface area contributed by atoms with E-state index in [2.05, 4.69) is 16.9 Å². The number of hydrogen-bond acceptors (Lipinski definition) is 7.